The van der Waals surface area contributed by atoms with E-state index in [1.165, 1.54) is 9.78 Å². The second kappa shape index (κ2) is 11.4. The van der Waals surface area contributed by atoms with Crippen LogP contribution < -0.4 is 9.64 Å². The smallest absolute Gasteiger partial charge is 0.265 e. The van der Waals surface area contributed by atoms with Crippen molar-refractivity contribution in [2.24, 2.45) is 0 Å². The Bertz CT molecular complexity index is 1260. The van der Waals surface area contributed by atoms with E-state index in [0.29, 0.717) is 41.2 Å². The number of amides is 2. The van der Waals surface area contributed by atoms with Crippen LogP contribution in [0.5, 0.6) is 5.75 Å². The first kappa shape index (κ1) is 26.0. The van der Waals surface area contributed by atoms with Gasteiger partial charge < -0.3 is 14.4 Å². The molecule has 0 N–H and O–H groups in total. The third kappa shape index (κ3) is 5.78. The van der Waals surface area contributed by atoms with Crippen molar-refractivity contribution in [1.82, 2.24) is 9.80 Å². The van der Waals surface area contributed by atoms with Crippen molar-refractivity contribution < 1.29 is 19.1 Å². The second-order valence-electron chi connectivity index (χ2n) is 9.04. The summed E-state index contributed by atoms with van der Waals surface area (Å²) in [6.07, 6.45) is 0. The summed E-state index contributed by atoms with van der Waals surface area (Å²) < 4.78 is 11.0. The molecular weight excluding hydrogens is 533 g/mol. The quantitative estimate of drug-likeness (QED) is 0.408. The van der Waals surface area contributed by atoms with Gasteiger partial charge >= 0.3 is 0 Å². The molecule has 37 heavy (non-hydrogen) atoms. The average Bonchev–Trinajstić information content (AvgIpc) is 3.45. The standard InChI is InChI=1S/C27H27Cl2N3O4S/c1-30(26(33)16-32-22-13-20(28)21(29)14-24(22)36-17-27(32)34)23(15-31-8-10-35-11-9-31)18-4-6-19(7-5-18)25-3-2-12-37-25/h2-7,12-14,23H,8-11,15-17H2,1H3. The van der Waals surface area contributed by atoms with Crippen molar-refractivity contribution >= 4 is 52.0 Å². The molecule has 2 aliphatic heterocycles. The number of thiophene rings is 1. The number of hydrogen-bond donors (Lipinski definition) is 0. The van der Waals surface area contributed by atoms with Crippen LogP contribution in [0, 0.1) is 0 Å². The zero-order valence-electron chi connectivity index (χ0n) is 20.4. The summed E-state index contributed by atoms with van der Waals surface area (Å²) in [6, 6.07) is 15.4. The largest absolute Gasteiger partial charge is 0.482 e. The molecule has 7 nitrogen and oxygen atoms in total. The third-order valence-corrected chi connectivity index (χ3v) is 8.38. The predicted molar refractivity (Wildman–Crippen MR) is 147 cm³/mol. The molecule has 0 aliphatic carbocycles. The van der Waals surface area contributed by atoms with Gasteiger partial charge in [-0.25, -0.2) is 0 Å². The van der Waals surface area contributed by atoms with Gasteiger partial charge in [0.1, 0.15) is 12.3 Å². The Balaban J connectivity index is 1.39. The van der Waals surface area contributed by atoms with Gasteiger partial charge in [-0.3, -0.25) is 19.4 Å². The van der Waals surface area contributed by atoms with Crippen LogP contribution in [0.1, 0.15) is 11.6 Å². The Morgan fingerprint density at radius 1 is 1.11 bits per heavy atom. The summed E-state index contributed by atoms with van der Waals surface area (Å²) in [5.41, 5.74) is 2.62. The molecule has 1 aromatic heterocycles. The van der Waals surface area contributed by atoms with Crippen molar-refractivity contribution in [3.05, 3.63) is 69.5 Å². The van der Waals surface area contributed by atoms with E-state index in [4.69, 9.17) is 32.7 Å². The monoisotopic (exact) mass is 559 g/mol. The Kier molecular flexibility index (Phi) is 8.02. The summed E-state index contributed by atoms with van der Waals surface area (Å²) in [4.78, 5) is 33.0. The minimum atomic E-state index is -0.308. The zero-order valence-corrected chi connectivity index (χ0v) is 22.7. The molecule has 2 amide bonds. The van der Waals surface area contributed by atoms with E-state index in [9.17, 15) is 9.59 Å². The van der Waals surface area contributed by atoms with E-state index in [2.05, 4.69) is 40.6 Å². The highest BCUT2D eigenvalue weighted by atomic mass is 35.5. The maximum atomic E-state index is 13.6. The third-order valence-electron chi connectivity index (χ3n) is 6.74. The first-order valence-corrected chi connectivity index (χ1v) is 13.7. The van der Waals surface area contributed by atoms with E-state index in [1.54, 1.807) is 35.4 Å². The summed E-state index contributed by atoms with van der Waals surface area (Å²) in [6.45, 7) is 3.33. The highest BCUT2D eigenvalue weighted by Gasteiger charge is 2.32. The van der Waals surface area contributed by atoms with Gasteiger partial charge in [0.25, 0.3) is 5.91 Å². The lowest BCUT2D eigenvalue weighted by Gasteiger charge is -2.37. The van der Waals surface area contributed by atoms with Crippen LogP contribution in [-0.4, -0.2) is 74.7 Å². The number of ether oxygens (including phenoxy) is 2. The van der Waals surface area contributed by atoms with Crippen LogP contribution in [0.2, 0.25) is 10.0 Å². The van der Waals surface area contributed by atoms with Crippen LogP contribution in [0.15, 0.2) is 53.9 Å². The number of likely N-dealkylation sites (N-methyl/N-ethyl adjacent to an activating group) is 1. The predicted octanol–water partition coefficient (Wildman–Crippen LogP) is 4.98. The van der Waals surface area contributed by atoms with E-state index in [1.807, 2.05) is 6.07 Å². The van der Waals surface area contributed by atoms with Crippen LogP contribution in [0.4, 0.5) is 5.69 Å². The van der Waals surface area contributed by atoms with Crippen LogP contribution >= 0.6 is 34.5 Å². The molecule has 3 aromatic rings. The van der Waals surface area contributed by atoms with Gasteiger partial charge in [0, 0.05) is 37.6 Å². The van der Waals surface area contributed by atoms with Crippen LogP contribution in [0.25, 0.3) is 10.4 Å². The SMILES string of the molecule is CN(C(=O)CN1C(=O)COc2cc(Cl)c(Cl)cc21)C(CN1CCOCC1)c1ccc(-c2cccs2)cc1. The summed E-state index contributed by atoms with van der Waals surface area (Å²) in [7, 11) is 1.79. The number of anilines is 1. The lowest BCUT2D eigenvalue weighted by atomic mass is 10.0. The molecule has 1 unspecified atom stereocenters. The number of benzene rings is 2. The molecule has 5 rings (SSSR count). The highest BCUT2D eigenvalue weighted by molar-refractivity contribution is 7.13. The van der Waals surface area contributed by atoms with Gasteiger partial charge in [0.2, 0.25) is 5.91 Å². The molecule has 0 bridgehead atoms. The van der Waals surface area contributed by atoms with Crippen molar-refractivity contribution in [3.8, 4) is 16.2 Å². The second-order valence-corrected chi connectivity index (χ2v) is 10.8. The Hall–Kier alpha value is -2.62. The summed E-state index contributed by atoms with van der Waals surface area (Å²) in [5, 5.41) is 2.68. The van der Waals surface area contributed by atoms with Crippen LogP contribution in [0.3, 0.4) is 0 Å². The van der Waals surface area contributed by atoms with E-state index < -0.39 is 0 Å². The minimum Gasteiger partial charge on any atom is -0.482 e. The van der Waals surface area contributed by atoms with E-state index in [0.717, 1.165) is 24.2 Å². The van der Waals surface area contributed by atoms with Gasteiger partial charge in [0.05, 0.1) is 35.0 Å². The lowest BCUT2D eigenvalue weighted by Crippen LogP contribution is -2.48. The molecule has 3 heterocycles. The van der Waals surface area contributed by atoms with Crippen molar-refractivity contribution in [3.63, 3.8) is 0 Å². The van der Waals surface area contributed by atoms with Gasteiger partial charge in [-0.05, 0) is 28.6 Å². The van der Waals surface area contributed by atoms with E-state index in [-0.39, 0.29) is 31.0 Å². The number of morpholine rings is 1. The molecule has 0 saturated carbocycles. The lowest BCUT2D eigenvalue weighted by molar-refractivity contribution is -0.133. The number of nitrogens with zero attached hydrogens (tertiary/aromatic N) is 3. The fraction of sp³-hybridized carbons (Fsp3) is 0.333. The fourth-order valence-electron chi connectivity index (χ4n) is 4.58. The maximum Gasteiger partial charge on any atom is 0.265 e. The first-order valence-electron chi connectivity index (χ1n) is 12.0. The Morgan fingerprint density at radius 3 is 2.54 bits per heavy atom. The van der Waals surface area contributed by atoms with Crippen molar-refractivity contribution in [2.45, 2.75) is 6.04 Å². The summed E-state index contributed by atoms with van der Waals surface area (Å²) in [5.74, 6) is -0.0657. The highest BCUT2D eigenvalue weighted by Crippen LogP contribution is 2.39. The number of hydrogen-bond acceptors (Lipinski definition) is 6. The minimum absolute atomic E-state index is 0.128. The van der Waals surface area contributed by atoms with Crippen LogP contribution in [-0.2, 0) is 14.3 Å². The molecule has 2 aliphatic rings. The molecular formula is C27H27Cl2N3O4S. The first-order chi connectivity index (χ1) is 17.9. The number of fused-ring (bicyclic) bond motifs is 1. The van der Waals surface area contributed by atoms with Crippen molar-refractivity contribution in [1.29, 1.82) is 0 Å². The molecule has 1 fully saturated rings. The molecule has 10 heteroatoms. The van der Waals surface area contributed by atoms with Gasteiger partial charge in [-0.15, -0.1) is 11.3 Å². The normalized spacial score (nSPS) is 16.7. The fourth-order valence-corrected chi connectivity index (χ4v) is 5.63. The number of carbonyl (C=O) groups is 2. The Labute approximate surface area is 230 Å². The molecule has 0 radical (unpaired) electrons. The molecule has 1 atom stereocenters. The Morgan fingerprint density at radius 2 is 1.84 bits per heavy atom. The molecule has 2 aromatic carbocycles. The van der Waals surface area contributed by atoms with Gasteiger partial charge in [-0.1, -0.05) is 53.5 Å². The van der Waals surface area contributed by atoms with Crippen molar-refractivity contribution in [2.75, 3.05) is 57.9 Å². The summed E-state index contributed by atoms with van der Waals surface area (Å²) >= 11 is 14.0. The average molecular weight is 561 g/mol. The number of rotatable bonds is 7. The number of carbonyl (C=O) groups excluding carboxylic acids is 2. The maximum absolute atomic E-state index is 13.6. The van der Waals surface area contributed by atoms with Gasteiger partial charge in [0.15, 0.2) is 6.61 Å². The number of halogens is 2. The molecule has 194 valence electrons. The topological polar surface area (TPSA) is 62.3 Å². The van der Waals surface area contributed by atoms with Gasteiger partial charge in [-0.2, -0.15) is 0 Å². The molecule has 1 saturated heterocycles. The zero-order chi connectivity index (χ0) is 25.9. The van der Waals surface area contributed by atoms with E-state index >= 15 is 0 Å². The molecule has 0 spiro atoms.